The topological polar surface area (TPSA) is 78.1 Å². The summed E-state index contributed by atoms with van der Waals surface area (Å²) in [6.07, 6.45) is 6.38. The highest BCUT2D eigenvalue weighted by Crippen LogP contribution is 2.28. The maximum atomic E-state index is 5.77. The van der Waals surface area contributed by atoms with Gasteiger partial charge in [0.15, 0.2) is 0 Å². The highest BCUT2D eigenvalue weighted by atomic mass is 16.3. The van der Waals surface area contributed by atoms with E-state index in [-0.39, 0.29) is 0 Å². The molecule has 0 radical (unpaired) electrons. The molecular weight excluding hydrogens is 166 g/mol. The molecule has 2 heterocycles. The lowest BCUT2D eigenvalue weighted by Crippen LogP contribution is -1.97. The molecule has 13 heavy (non-hydrogen) atoms. The van der Waals surface area contributed by atoms with Crippen LogP contribution in [0.25, 0.3) is 11.1 Å². The van der Waals surface area contributed by atoms with Gasteiger partial charge in [-0.3, -0.25) is 4.98 Å². The van der Waals surface area contributed by atoms with Crippen molar-refractivity contribution in [2.45, 2.75) is 0 Å². The second-order valence-electron chi connectivity index (χ2n) is 2.70. The molecule has 4 nitrogen and oxygen atoms in total. The molecule has 4 heteroatoms. The minimum absolute atomic E-state index is 0.485. The summed E-state index contributed by atoms with van der Waals surface area (Å²) in [6.45, 7) is 0. The van der Waals surface area contributed by atoms with Crippen LogP contribution in [0, 0.1) is 0 Å². The minimum atomic E-state index is 0.485. The van der Waals surface area contributed by atoms with Gasteiger partial charge in [0.1, 0.15) is 0 Å². The predicted octanol–water partition coefficient (Wildman–Crippen LogP) is 1.51. The lowest BCUT2D eigenvalue weighted by atomic mass is 10.1. The molecule has 4 N–H and O–H groups in total. The van der Waals surface area contributed by atoms with Crippen LogP contribution in [0.5, 0.6) is 0 Å². The number of hydrogen-bond donors (Lipinski definition) is 2. The van der Waals surface area contributed by atoms with Crippen molar-refractivity contribution in [3.63, 3.8) is 0 Å². The third-order valence-electron chi connectivity index (χ3n) is 1.85. The number of anilines is 2. The van der Waals surface area contributed by atoms with E-state index in [0.717, 1.165) is 11.1 Å². The van der Waals surface area contributed by atoms with Crippen molar-refractivity contribution in [2.75, 3.05) is 11.5 Å². The fourth-order valence-corrected chi connectivity index (χ4v) is 1.13. The normalized spacial score (nSPS) is 10.2. The molecule has 0 saturated carbocycles. The molecule has 0 saturated heterocycles. The second kappa shape index (κ2) is 2.82. The Hall–Kier alpha value is -1.97. The Balaban J connectivity index is 2.59. The second-order valence-corrected chi connectivity index (χ2v) is 2.70. The standard InChI is InChI=1S/C9H9N3O/c10-8-4-12-3-7(9(8)11)6-1-2-13-5-6/h1-5H,10H2,(H2,11,12). The Morgan fingerprint density at radius 1 is 1.23 bits per heavy atom. The van der Waals surface area contributed by atoms with Crippen molar-refractivity contribution >= 4 is 11.4 Å². The molecule has 2 aromatic rings. The van der Waals surface area contributed by atoms with Crippen LogP contribution in [0.2, 0.25) is 0 Å². The SMILES string of the molecule is Nc1cncc(-c2ccoc2)c1N. The molecule has 0 atom stereocenters. The number of nitrogen functional groups attached to an aromatic ring is 2. The zero-order chi connectivity index (χ0) is 9.26. The van der Waals surface area contributed by atoms with Gasteiger partial charge in [-0.15, -0.1) is 0 Å². The van der Waals surface area contributed by atoms with Crippen LogP contribution < -0.4 is 11.5 Å². The summed E-state index contributed by atoms with van der Waals surface area (Å²) in [6, 6.07) is 1.81. The maximum absolute atomic E-state index is 5.77. The predicted molar refractivity (Wildman–Crippen MR) is 50.8 cm³/mol. The van der Waals surface area contributed by atoms with Gasteiger partial charge in [-0.1, -0.05) is 0 Å². The van der Waals surface area contributed by atoms with Crippen molar-refractivity contribution in [1.29, 1.82) is 0 Å². The van der Waals surface area contributed by atoms with Crippen LogP contribution in [-0.4, -0.2) is 4.98 Å². The molecule has 0 spiro atoms. The van der Waals surface area contributed by atoms with Crippen molar-refractivity contribution in [2.24, 2.45) is 0 Å². The van der Waals surface area contributed by atoms with Gasteiger partial charge in [0, 0.05) is 17.3 Å². The van der Waals surface area contributed by atoms with E-state index in [0.29, 0.717) is 11.4 Å². The zero-order valence-corrected chi connectivity index (χ0v) is 6.90. The van der Waals surface area contributed by atoms with Gasteiger partial charge in [0.25, 0.3) is 0 Å². The van der Waals surface area contributed by atoms with Gasteiger partial charge in [-0.2, -0.15) is 0 Å². The minimum Gasteiger partial charge on any atom is -0.472 e. The first kappa shape index (κ1) is 7.67. The average Bonchev–Trinajstić information content (AvgIpc) is 2.62. The number of aromatic nitrogens is 1. The molecule has 2 rings (SSSR count). The van der Waals surface area contributed by atoms with E-state index in [4.69, 9.17) is 15.9 Å². The van der Waals surface area contributed by atoms with Crippen LogP contribution in [0.1, 0.15) is 0 Å². The lowest BCUT2D eigenvalue weighted by molar-refractivity contribution is 0.568. The molecule has 0 unspecified atom stereocenters. The molecule has 0 aromatic carbocycles. The van der Waals surface area contributed by atoms with Gasteiger partial charge in [0.05, 0.1) is 30.1 Å². The monoisotopic (exact) mass is 175 g/mol. The van der Waals surface area contributed by atoms with Crippen LogP contribution in [0.3, 0.4) is 0 Å². The first-order valence-corrected chi connectivity index (χ1v) is 3.80. The summed E-state index contributed by atoms with van der Waals surface area (Å²) in [4.78, 5) is 3.95. The van der Waals surface area contributed by atoms with Gasteiger partial charge in [-0.05, 0) is 6.07 Å². The Kier molecular flexibility index (Phi) is 1.66. The third-order valence-corrected chi connectivity index (χ3v) is 1.85. The summed E-state index contributed by atoms with van der Waals surface area (Å²) in [5.41, 5.74) is 14.1. The summed E-state index contributed by atoms with van der Waals surface area (Å²) < 4.78 is 4.94. The summed E-state index contributed by atoms with van der Waals surface area (Å²) in [5, 5.41) is 0. The Labute approximate surface area is 75.2 Å². The molecule has 0 aliphatic carbocycles. The van der Waals surface area contributed by atoms with Crippen LogP contribution in [-0.2, 0) is 0 Å². The highest BCUT2D eigenvalue weighted by molar-refractivity contribution is 5.82. The zero-order valence-electron chi connectivity index (χ0n) is 6.90. The fraction of sp³-hybridized carbons (Fsp3) is 0. The smallest absolute Gasteiger partial charge is 0.0982 e. The Morgan fingerprint density at radius 3 is 2.77 bits per heavy atom. The number of hydrogen-bond acceptors (Lipinski definition) is 4. The van der Waals surface area contributed by atoms with Crippen LogP contribution in [0.15, 0.2) is 35.4 Å². The first-order valence-electron chi connectivity index (χ1n) is 3.80. The van der Waals surface area contributed by atoms with Gasteiger partial charge in [0.2, 0.25) is 0 Å². The van der Waals surface area contributed by atoms with Crippen LogP contribution >= 0.6 is 0 Å². The maximum Gasteiger partial charge on any atom is 0.0982 e. The van der Waals surface area contributed by atoms with Gasteiger partial charge in [-0.25, -0.2) is 0 Å². The molecule has 0 bridgehead atoms. The van der Waals surface area contributed by atoms with E-state index in [1.165, 1.54) is 6.20 Å². The van der Waals surface area contributed by atoms with E-state index >= 15 is 0 Å². The van der Waals surface area contributed by atoms with E-state index in [1.807, 2.05) is 6.07 Å². The van der Waals surface area contributed by atoms with Crippen molar-refractivity contribution in [1.82, 2.24) is 4.98 Å². The molecule has 66 valence electrons. The number of nitrogens with zero attached hydrogens (tertiary/aromatic N) is 1. The molecular formula is C9H9N3O. The number of furan rings is 1. The summed E-state index contributed by atoms with van der Waals surface area (Å²) >= 11 is 0. The summed E-state index contributed by atoms with van der Waals surface area (Å²) in [7, 11) is 0. The van der Waals surface area contributed by atoms with E-state index in [1.54, 1.807) is 18.7 Å². The molecule has 0 aliphatic rings. The third kappa shape index (κ3) is 1.22. The molecule has 0 amide bonds. The van der Waals surface area contributed by atoms with Gasteiger partial charge < -0.3 is 15.9 Å². The first-order chi connectivity index (χ1) is 6.29. The molecule has 0 fully saturated rings. The van der Waals surface area contributed by atoms with Gasteiger partial charge >= 0.3 is 0 Å². The van der Waals surface area contributed by atoms with E-state index in [2.05, 4.69) is 4.98 Å². The number of pyridine rings is 1. The lowest BCUT2D eigenvalue weighted by Gasteiger charge is -2.03. The quantitative estimate of drug-likeness (QED) is 0.688. The summed E-state index contributed by atoms with van der Waals surface area (Å²) in [5.74, 6) is 0. The molecule has 2 aromatic heterocycles. The largest absolute Gasteiger partial charge is 0.472 e. The highest BCUT2D eigenvalue weighted by Gasteiger charge is 2.05. The number of rotatable bonds is 1. The van der Waals surface area contributed by atoms with Crippen molar-refractivity contribution in [3.05, 3.63) is 31.0 Å². The average molecular weight is 175 g/mol. The Bertz CT molecular complexity index is 409. The van der Waals surface area contributed by atoms with E-state index in [9.17, 15) is 0 Å². The fourth-order valence-electron chi connectivity index (χ4n) is 1.13. The van der Waals surface area contributed by atoms with Crippen molar-refractivity contribution < 1.29 is 4.42 Å². The molecule has 0 aliphatic heterocycles. The van der Waals surface area contributed by atoms with Crippen LogP contribution in [0.4, 0.5) is 11.4 Å². The Morgan fingerprint density at radius 2 is 2.08 bits per heavy atom. The number of nitrogens with two attached hydrogens (primary N) is 2. The van der Waals surface area contributed by atoms with Crippen molar-refractivity contribution in [3.8, 4) is 11.1 Å². The van der Waals surface area contributed by atoms with E-state index < -0.39 is 0 Å².